The molecule has 0 aromatic rings. The van der Waals surface area contributed by atoms with E-state index >= 15 is 0 Å². The minimum Gasteiger partial charge on any atom is -0.358 e. The van der Waals surface area contributed by atoms with Crippen LogP contribution in [0.15, 0.2) is 55.6 Å². The highest BCUT2D eigenvalue weighted by Gasteiger charge is 2.37. The molecule has 0 unspecified atom stereocenters. The van der Waals surface area contributed by atoms with E-state index in [9.17, 15) is 4.57 Å². The van der Waals surface area contributed by atoms with Crippen LogP contribution >= 0.6 is 7.82 Å². The van der Waals surface area contributed by atoms with Gasteiger partial charge in [-0.2, -0.15) is 0 Å². The molecule has 9 heteroatoms. The molecule has 31 heavy (non-hydrogen) atoms. The fourth-order valence-electron chi connectivity index (χ4n) is 1.24. The Morgan fingerprint density at radius 3 is 1.77 bits per heavy atom. The number of phosphoric acid groups is 1. The number of allylic oxidation sites excluding steroid dienone is 1. The molecular weight excluding hydrogens is 417 g/mol. The first-order valence-corrected chi connectivity index (χ1v) is 11.0. The lowest BCUT2D eigenvalue weighted by atomic mass is 10.2. The third-order valence-electron chi connectivity index (χ3n) is 2.37. The fourth-order valence-corrected chi connectivity index (χ4v) is 3.05. The maximum atomic E-state index is 12.5. The molecule has 0 bridgehead atoms. The average Bonchev–Trinajstić information content (AvgIpc) is 2.62. The van der Waals surface area contributed by atoms with Gasteiger partial charge in [0.15, 0.2) is 5.76 Å². The Balaban J connectivity index is -0.000000516. The molecule has 0 radical (unpaired) electrons. The van der Waals surface area contributed by atoms with Crippen molar-refractivity contribution in [3.8, 4) is 0 Å². The van der Waals surface area contributed by atoms with E-state index in [0.717, 1.165) is 11.9 Å². The van der Waals surface area contributed by atoms with E-state index in [2.05, 4.69) is 38.1 Å². The van der Waals surface area contributed by atoms with Gasteiger partial charge in [0.05, 0.1) is 16.9 Å². The number of oxime groups is 1. The molecule has 180 valence electrons. The van der Waals surface area contributed by atoms with E-state index in [1.165, 1.54) is 0 Å². The van der Waals surface area contributed by atoms with Gasteiger partial charge in [-0.25, -0.2) is 4.57 Å². The Hall–Kier alpha value is -1.99. The molecule has 0 aliphatic heterocycles. The predicted octanol–water partition coefficient (Wildman–Crippen LogP) is 6.69. The quantitative estimate of drug-likeness (QED) is 0.0743. The zero-order valence-electron chi connectivity index (χ0n) is 20.8. The fraction of sp³-hybridized carbons (Fsp3) is 0.545. The lowest BCUT2D eigenvalue weighted by Gasteiger charge is -2.31. The van der Waals surface area contributed by atoms with E-state index < -0.39 is 19.0 Å². The summed E-state index contributed by atoms with van der Waals surface area (Å²) in [6, 6.07) is 0. The molecule has 0 amide bonds. The number of rotatable bonds is 10. The number of nitrogens with zero attached hydrogens (tertiary/aromatic N) is 2. The summed E-state index contributed by atoms with van der Waals surface area (Å²) in [5, 5.41) is 10.5. The standard InChI is InChI=1S/C12H26NO4P.C8H12N2O.C2H4/c1-9-13(8)10-15-18(14,16-11(2,3)4)17-12(5,6)7;1-6(2)10-11-8(4)7(3)5-9;1-2/h9H,1,10H2,2-8H3;5,9H,3-4H2,1-2H3;1-2H2. The van der Waals surface area contributed by atoms with Crippen LogP contribution in [-0.4, -0.2) is 41.8 Å². The van der Waals surface area contributed by atoms with Gasteiger partial charge in [-0.3, -0.25) is 13.6 Å². The Morgan fingerprint density at radius 2 is 1.48 bits per heavy atom. The van der Waals surface area contributed by atoms with Gasteiger partial charge in [0.1, 0.15) is 6.73 Å². The van der Waals surface area contributed by atoms with Gasteiger partial charge in [-0.1, -0.05) is 24.9 Å². The van der Waals surface area contributed by atoms with Gasteiger partial charge < -0.3 is 15.1 Å². The molecule has 1 N–H and O–H groups in total. The lowest BCUT2D eigenvalue weighted by Crippen LogP contribution is -2.26. The van der Waals surface area contributed by atoms with Crippen molar-refractivity contribution in [1.29, 1.82) is 5.41 Å². The van der Waals surface area contributed by atoms with Gasteiger partial charge in [-0.05, 0) is 61.6 Å². The molecule has 0 spiro atoms. The van der Waals surface area contributed by atoms with E-state index in [1.54, 1.807) is 73.5 Å². The third kappa shape index (κ3) is 22.5. The van der Waals surface area contributed by atoms with Gasteiger partial charge in [0.2, 0.25) is 0 Å². The highest BCUT2D eigenvalue weighted by molar-refractivity contribution is 7.48. The van der Waals surface area contributed by atoms with Gasteiger partial charge in [0, 0.05) is 18.8 Å². The zero-order valence-corrected chi connectivity index (χ0v) is 21.7. The number of nitrogens with one attached hydrogen (secondary N) is 1. The van der Waals surface area contributed by atoms with Crippen molar-refractivity contribution in [2.24, 2.45) is 5.16 Å². The third-order valence-corrected chi connectivity index (χ3v) is 4.35. The molecule has 0 aromatic heterocycles. The van der Waals surface area contributed by atoms with E-state index in [0.29, 0.717) is 11.3 Å². The van der Waals surface area contributed by atoms with Crippen LogP contribution in [0.3, 0.4) is 0 Å². The minimum absolute atomic E-state index is 0.0902. The summed E-state index contributed by atoms with van der Waals surface area (Å²) >= 11 is 0. The van der Waals surface area contributed by atoms with E-state index in [1.807, 2.05) is 0 Å². The van der Waals surface area contributed by atoms with Crippen LogP contribution in [0.1, 0.15) is 55.4 Å². The van der Waals surface area contributed by atoms with Crippen molar-refractivity contribution in [2.45, 2.75) is 66.6 Å². The Morgan fingerprint density at radius 1 is 1.06 bits per heavy atom. The molecular formula is C22H42N3O5P. The van der Waals surface area contributed by atoms with Crippen molar-refractivity contribution < 1.29 is 23.0 Å². The smallest absolute Gasteiger partial charge is 0.358 e. The molecule has 8 nitrogen and oxygen atoms in total. The number of hydrogen-bond acceptors (Lipinski definition) is 8. The molecule has 0 aliphatic carbocycles. The summed E-state index contributed by atoms with van der Waals surface area (Å²) < 4.78 is 28.7. The summed E-state index contributed by atoms with van der Waals surface area (Å²) in [6.45, 7) is 31.1. The normalized spacial score (nSPS) is 10.9. The van der Waals surface area contributed by atoms with Crippen molar-refractivity contribution in [1.82, 2.24) is 4.90 Å². The summed E-state index contributed by atoms with van der Waals surface area (Å²) in [4.78, 5) is 6.44. The van der Waals surface area contributed by atoms with Gasteiger partial charge >= 0.3 is 7.82 Å². The van der Waals surface area contributed by atoms with Crippen LogP contribution < -0.4 is 0 Å². The number of hydrogen-bond donors (Lipinski definition) is 1. The molecule has 0 atom stereocenters. The van der Waals surface area contributed by atoms with Crippen LogP contribution in [0.25, 0.3) is 0 Å². The monoisotopic (exact) mass is 459 g/mol. The first-order chi connectivity index (χ1) is 13.9. The summed E-state index contributed by atoms with van der Waals surface area (Å²) in [5.41, 5.74) is -0.0138. The van der Waals surface area contributed by atoms with Crippen LogP contribution in [-0.2, 0) is 23.0 Å². The second-order valence-corrected chi connectivity index (χ2v) is 9.79. The molecule has 0 saturated heterocycles. The molecule has 0 saturated carbocycles. The largest absolute Gasteiger partial charge is 0.477 e. The topological polar surface area (TPSA) is 93.4 Å². The maximum absolute atomic E-state index is 12.5. The van der Waals surface area contributed by atoms with Gasteiger partial charge in [0.25, 0.3) is 0 Å². The summed E-state index contributed by atoms with van der Waals surface area (Å²) in [7, 11) is -1.86. The van der Waals surface area contributed by atoms with Crippen LogP contribution in [0.5, 0.6) is 0 Å². The highest BCUT2D eigenvalue weighted by atomic mass is 31.2. The maximum Gasteiger partial charge on any atom is 0.477 e. The Labute approximate surface area is 189 Å². The van der Waals surface area contributed by atoms with Crippen LogP contribution in [0.2, 0.25) is 0 Å². The van der Waals surface area contributed by atoms with E-state index in [-0.39, 0.29) is 6.73 Å². The first-order valence-electron chi connectivity index (χ1n) is 9.50. The predicted molar refractivity (Wildman–Crippen MR) is 131 cm³/mol. The van der Waals surface area contributed by atoms with Crippen molar-refractivity contribution in [2.75, 3.05) is 13.8 Å². The van der Waals surface area contributed by atoms with Crippen molar-refractivity contribution in [3.05, 3.63) is 50.4 Å². The summed E-state index contributed by atoms with van der Waals surface area (Å²) in [5.74, 6) is 0.307. The zero-order chi connectivity index (χ0) is 25.5. The minimum atomic E-state index is -3.62. The Kier molecular flexibility index (Phi) is 17.1. The lowest BCUT2D eigenvalue weighted by molar-refractivity contribution is -0.00676. The highest BCUT2D eigenvalue weighted by Crippen LogP contribution is 2.55. The molecule has 0 aliphatic rings. The Bertz CT molecular complexity index is 637. The van der Waals surface area contributed by atoms with E-state index in [4.69, 9.17) is 23.8 Å². The second kappa shape index (κ2) is 15.8. The molecule has 0 aromatic carbocycles. The first kappa shape index (κ1) is 33.6. The molecule has 0 heterocycles. The van der Waals surface area contributed by atoms with Crippen LogP contribution in [0, 0.1) is 5.41 Å². The summed E-state index contributed by atoms with van der Waals surface area (Å²) in [6.07, 6.45) is 2.64. The van der Waals surface area contributed by atoms with Crippen molar-refractivity contribution >= 4 is 19.7 Å². The van der Waals surface area contributed by atoms with Crippen molar-refractivity contribution in [3.63, 3.8) is 0 Å². The second-order valence-electron chi connectivity index (χ2n) is 8.27. The van der Waals surface area contributed by atoms with Crippen LogP contribution in [0.4, 0.5) is 0 Å². The number of phosphoric ester groups is 1. The molecule has 0 rings (SSSR count). The SMILES string of the molecule is C=C.C=C(C=N)C(=C)ON=C(C)C.C=CN(C)COP(=O)(OC(C)(C)C)OC(C)(C)C. The van der Waals surface area contributed by atoms with Gasteiger partial charge in [-0.15, -0.1) is 13.2 Å². The molecule has 0 fully saturated rings. The average molecular weight is 460 g/mol.